The zero-order valence-corrected chi connectivity index (χ0v) is 11.9. The molecule has 21 heavy (non-hydrogen) atoms. The fourth-order valence-electron chi connectivity index (χ4n) is 2.06. The maximum atomic E-state index is 12.2. The van der Waals surface area contributed by atoms with Crippen LogP contribution < -0.4 is 5.73 Å². The van der Waals surface area contributed by atoms with Crippen LogP contribution in [0.1, 0.15) is 16.7 Å². The van der Waals surface area contributed by atoms with Crippen molar-refractivity contribution in [3.8, 4) is 6.07 Å². The molecule has 0 saturated carbocycles. The van der Waals surface area contributed by atoms with Crippen LogP contribution in [-0.4, -0.2) is 17.9 Å². The maximum Gasteiger partial charge on any atom is 0.227 e. The number of hydrogen-bond acceptors (Lipinski definition) is 3. The lowest BCUT2D eigenvalue weighted by Crippen LogP contribution is -2.27. The van der Waals surface area contributed by atoms with Gasteiger partial charge in [-0.25, -0.2) is 0 Å². The van der Waals surface area contributed by atoms with Gasteiger partial charge in [0.1, 0.15) is 0 Å². The summed E-state index contributed by atoms with van der Waals surface area (Å²) in [6.45, 7) is 0.521. The lowest BCUT2D eigenvalue weighted by Gasteiger charge is -2.17. The van der Waals surface area contributed by atoms with Crippen molar-refractivity contribution >= 4 is 11.6 Å². The number of carbonyl (C=O) groups is 1. The van der Waals surface area contributed by atoms with E-state index in [9.17, 15) is 4.79 Å². The second kappa shape index (κ2) is 6.58. The second-order valence-electron chi connectivity index (χ2n) is 4.98. The van der Waals surface area contributed by atoms with Gasteiger partial charge in [-0.2, -0.15) is 5.26 Å². The summed E-state index contributed by atoms with van der Waals surface area (Å²) in [6, 6.07) is 16.7. The molecule has 0 heterocycles. The van der Waals surface area contributed by atoms with E-state index in [1.54, 1.807) is 30.1 Å². The molecule has 0 aromatic heterocycles. The van der Waals surface area contributed by atoms with Crippen LogP contribution in [0.3, 0.4) is 0 Å². The predicted molar refractivity (Wildman–Crippen MR) is 82.2 cm³/mol. The highest BCUT2D eigenvalue weighted by molar-refractivity contribution is 5.78. The normalized spacial score (nSPS) is 9.90. The van der Waals surface area contributed by atoms with Gasteiger partial charge in [-0.1, -0.05) is 24.3 Å². The number of carbonyl (C=O) groups excluding carboxylic acids is 1. The van der Waals surface area contributed by atoms with Crippen LogP contribution in [0, 0.1) is 11.3 Å². The van der Waals surface area contributed by atoms with Gasteiger partial charge >= 0.3 is 0 Å². The molecule has 2 rings (SSSR count). The van der Waals surface area contributed by atoms with E-state index in [2.05, 4.69) is 6.07 Å². The Morgan fingerprint density at radius 1 is 1.19 bits per heavy atom. The van der Waals surface area contributed by atoms with Gasteiger partial charge in [-0.3, -0.25) is 4.79 Å². The maximum absolute atomic E-state index is 12.2. The summed E-state index contributed by atoms with van der Waals surface area (Å²) in [4.78, 5) is 13.9. The zero-order valence-electron chi connectivity index (χ0n) is 11.9. The Hall–Kier alpha value is -2.80. The molecule has 2 aromatic rings. The number of nitrogen functional groups attached to an aromatic ring is 1. The average molecular weight is 279 g/mol. The molecule has 2 aromatic carbocycles. The van der Waals surface area contributed by atoms with Crippen molar-refractivity contribution in [2.45, 2.75) is 13.0 Å². The number of nitrogens with two attached hydrogens (primary N) is 1. The quantitative estimate of drug-likeness (QED) is 0.873. The van der Waals surface area contributed by atoms with Gasteiger partial charge in [0.25, 0.3) is 0 Å². The number of hydrogen-bond donors (Lipinski definition) is 1. The smallest absolute Gasteiger partial charge is 0.227 e. The van der Waals surface area contributed by atoms with Crippen LogP contribution in [0.4, 0.5) is 5.69 Å². The molecule has 4 nitrogen and oxygen atoms in total. The van der Waals surface area contributed by atoms with Crippen molar-refractivity contribution in [1.29, 1.82) is 5.26 Å². The topological polar surface area (TPSA) is 70.1 Å². The van der Waals surface area contributed by atoms with E-state index in [-0.39, 0.29) is 5.91 Å². The standard InChI is InChI=1S/C17H17N3O/c1-20(12-14-7-5-13(11-18)6-8-14)17(21)10-15-3-2-4-16(19)9-15/h2-9H,10,12,19H2,1H3. The van der Waals surface area contributed by atoms with Crippen molar-refractivity contribution in [3.05, 3.63) is 65.2 Å². The number of amides is 1. The van der Waals surface area contributed by atoms with E-state index >= 15 is 0 Å². The number of benzene rings is 2. The first-order chi connectivity index (χ1) is 10.1. The monoisotopic (exact) mass is 279 g/mol. The van der Waals surface area contributed by atoms with Gasteiger partial charge in [-0.15, -0.1) is 0 Å². The van der Waals surface area contributed by atoms with Gasteiger partial charge in [0.2, 0.25) is 5.91 Å². The van der Waals surface area contributed by atoms with E-state index in [0.717, 1.165) is 11.1 Å². The van der Waals surface area contributed by atoms with Gasteiger partial charge in [0.15, 0.2) is 0 Å². The number of nitrogens with zero attached hydrogens (tertiary/aromatic N) is 2. The van der Waals surface area contributed by atoms with Crippen molar-refractivity contribution < 1.29 is 4.79 Å². The van der Waals surface area contributed by atoms with Crippen LogP contribution in [0.15, 0.2) is 48.5 Å². The molecule has 0 fully saturated rings. The Morgan fingerprint density at radius 2 is 1.90 bits per heavy atom. The van der Waals surface area contributed by atoms with Gasteiger partial charge < -0.3 is 10.6 Å². The number of likely N-dealkylation sites (N-methyl/N-ethyl adjacent to an activating group) is 1. The first-order valence-electron chi connectivity index (χ1n) is 6.66. The summed E-state index contributed by atoms with van der Waals surface area (Å²) in [5.74, 6) is 0.0324. The Labute approximate surface area is 124 Å². The number of nitriles is 1. The molecule has 0 saturated heterocycles. The molecular weight excluding hydrogens is 262 g/mol. The molecule has 0 aliphatic rings. The van der Waals surface area contributed by atoms with Crippen LogP contribution in [0.25, 0.3) is 0 Å². The molecule has 0 aliphatic carbocycles. The third kappa shape index (κ3) is 4.08. The van der Waals surface area contributed by atoms with Gasteiger partial charge in [0.05, 0.1) is 18.1 Å². The minimum atomic E-state index is 0.0324. The summed E-state index contributed by atoms with van der Waals surface area (Å²) in [6.07, 6.45) is 0.331. The van der Waals surface area contributed by atoms with E-state index in [1.807, 2.05) is 30.3 Å². The summed E-state index contributed by atoms with van der Waals surface area (Å²) < 4.78 is 0. The average Bonchev–Trinajstić information content (AvgIpc) is 2.48. The summed E-state index contributed by atoms with van der Waals surface area (Å²) in [5.41, 5.74) is 8.90. The molecule has 0 aliphatic heterocycles. The van der Waals surface area contributed by atoms with Crippen LogP contribution in [-0.2, 0) is 17.8 Å². The minimum Gasteiger partial charge on any atom is -0.399 e. The van der Waals surface area contributed by atoms with Crippen LogP contribution in [0.2, 0.25) is 0 Å². The van der Waals surface area contributed by atoms with Gasteiger partial charge in [0, 0.05) is 19.3 Å². The highest BCUT2D eigenvalue weighted by atomic mass is 16.2. The first-order valence-corrected chi connectivity index (χ1v) is 6.66. The van der Waals surface area contributed by atoms with Crippen molar-refractivity contribution in [3.63, 3.8) is 0 Å². The fraction of sp³-hybridized carbons (Fsp3) is 0.176. The zero-order chi connectivity index (χ0) is 15.2. The summed E-state index contributed by atoms with van der Waals surface area (Å²) in [7, 11) is 1.77. The van der Waals surface area contributed by atoms with E-state index < -0.39 is 0 Å². The van der Waals surface area contributed by atoms with Crippen LogP contribution >= 0.6 is 0 Å². The largest absolute Gasteiger partial charge is 0.399 e. The molecule has 0 spiro atoms. The highest BCUT2D eigenvalue weighted by Gasteiger charge is 2.10. The Morgan fingerprint density at radius 3 is 2.52 bits per heavy atom. The second-order valence-corrected chi connectivity index (χ2v) is 4.98. The summed E-state index contributed by atoms with van der Waals surface area (Å²) in [5, 5.41) is 8.76. The molecular formula is C17H17N3O. The lowest BCUT2D eigenvalue weighted by molar-refractivity contribution is -0.129. The molecule has 0 bridgehead atoms. The molecule has 1 amide bonds. The third-order valence-corrected chi connectivity index (χ3v) is 3.23. The van der Waals surface area contributed by atoms with Crippen molar-refractivity contribution in [2.24, 2.45) is 0 Å². The fourth-order valence-corrected chi connectivity index (χ4v) is 2.06. The van der Waals surface area contributed by atoms with E-state index in [4.69, 9.17) is 11.0 Å². The predicted octanol–water partition coefficient (Wildman–Crippen LogP) is 2.34. The number of anilines is 1. The van der Waals surface area contributed by atoms with Crippen LogP contribution in [0.5, 0.6) is 0 Å². The molecule has 0 unspecified atom stereocenters. The van der Waals surface area contributed by atoms with Gasteiger partial charge in [-0.05, 0) is 35.4 Å². The van der Waals surface area contributed by atoms with Crippen molar-refractivity contribution in [1.82, 2.24) is 4.90 Å². The minimum absolute atomic E-state index is 0.0324. The number of rotatable bonds is 4. The highest BCUT2D eigenvalue weighted by Crippen LogP contribution is 2.10. The SMILES string of the molecule is CN(Cc1ccc(C#N)cc1)C(=O)Cc1cccc(N)c1. The third-order valence-electron chi connectivity index (χ3n) is 3.23. The summed E-state index contributed by atoms with van der Waals surface area (Å²) >= 11 is 0. The molecule has 0 radical (unpaired) electrons. The first kappa shape index (κ1) is 14.6. The van der Waals surface area contributed by atoms with E-state index in [1.165, 1.54) is 0 Å². The molecule has 0 atom stereocenters. The Bertz CT molecular complexity index is 671. The molecule has 2 N–H and O–H groups in total. The Kier molecular flexibility index (Phi) is 4.57. The Balaban J connectivity index is 1.97. The van der Waals surface area contributed by atoms with E-state index in [0.29, 0.717) is 24.2 Å². The molecule has 106 valence electrons. The van der Waals surface area contributed by atoms with Crippen molar-refractivity contribution in [2.75, 3.05) is 12.8 Å². The lowest BCUT2D eigenvalue weighted by atomic mass is 10.1. The molecule has 4 heteroatoms.